The lowest BCUT2D eigenvalue weighted by Crippen LogP contribution is -2.44. The second-order valence-corrected chi connectivity index (χ2v) is 7.35. The summed E-state index contributed by atoms with van der Waals surface area (Å²) in [6, 6.07) is 5.82. The summed E-state index contributed by atoms with van der Waals surface area (Å²) < 4.78 is 0. The lowest BCUT2D eigenvalue weighted by atomic mass is 9.99. The number of likely N-dealkylation sites (tertiary alicyclic amines) is 1. The Balaban J connectivity index is 1.61. The van der Waals surface area contributed by atoms with Crippen LogP contribution in [-0.4, -0.2) is 29.3 Å². The van der Waals surface area contributed by atoms with Gasteiger partial charge in [0.15, 0.2) is 0 Å². The van der Waals surface area contributed by atoms with Crippen molar-refractivity contribution in [3.05, 3.63) is 28.8 Å². The van der Waals surface area contributed by atoms with E-state index < -0.39 is 0 Å². The zero-order chi connectivity index (χ0) is 17.3. The van der Waals surface area contributed by atoms with Gasteiger partial charge < -0.3 is 10.2 Å². The summed E-state index contributed by atoms with van der Waals surface area (Å²) in [5.41, 5.74) is 1.59. The van der Waals surface area contributed by atoms with Gasteiger partial charge in [-0.3, -0.25) is 9.59 Å². The van der Waals surface area contributed by atoms with Gasteiger partial charge >= 0.3 is 0 Å². The molecule has 3 unspecified atom stereocenters. The van der Waals surface area contributed by atoms with E-state index in [-0.39, 0.29) is 23.7 Å². The molecule has 0 radical (unpaired) electrons. The number of anilines is 1. The highest BCUT2D eigenvalue weighted by molar-refractivity contribution is 6.31. The van der Waals surface area contributed by atoms with E-state index in [0.717, 1.165) is 37.1 Å². The highest BCUT2D eigenvalue weighted by Gasteiger charge is 2.50. The van der Waals surface area contributed by atoms with Crippen molar-refractivity contribution in [1.29, 1.82) is 0 Å². The molecule has 1 aromatic carbocycles. The molecule has 2 amide bonds. The maximum absolute atomic E-state index is 12.7. The minimum absolute atomic E-state index is 0.0659. The van der Waals surface area contributed by atoms with Crippen molar-refractivity contribution >= 4 is 29.1 Å². The van der Waals surface area contributed by atoms with E-state index >= 15 is 0 Å². The van der Waals surface area contributed by atoms with Crippen molar-refractivity contribution in [3.63, 3.8) is 0 Å². The van der Waals surface area contributed by atoms with Gasteiger partial charge in [0, 0.05) is 23.3 Å². The fourth-order valence-electron chi connectivity index (χ4n) is 3.65. The van der Waals surface area contributed by atoms with Crippen LogP contribution in [-0.2, 0) is 9.59 Å². The van der Waals surface area contributed by atoms with Gasteiger partial charge in [0.25, 0.3) is 0 Å². The molecule has 1 saturated carbocycles. The zero-order valence-corrected chi connectivity index (χ0v) is 15.1. The molecule has 0 aromatic heterocycles. The molecule has 1 saturated heterocycles. The second kappa shape index (κ2) is 7.14. The Kier molecular flexibility index (Phi) is 5.14. The molecular formula is C19H25ClN2O2. The van der Waals surface area contributed by atoms with E-state index in [2.05, 4.69) is 12.2 Å². The maximum atomic E-state index is 12.7. The minimum atomic E-state index is -0.199. The topological polar surface area (TPSA) is 49.4 Å². The number of amides is 2. The third kappa shape index (κ3) is 3.44. The lowest BCUT2D eigenvalue weighted by Gasteiger charge is -2.35. The van der Waals surface area contributed by atoms with E-state index in [1.165, 1.54) is 6.42 Å². The largest absolute Gasteiger partial charge is 0.339 e. The SMILES string of the molecule is CCC1CCCCN1C(=O)C1CC1C(=O)Nc1cccc(Cl)c1C. The van der Waals surface area contributed by atoms with Crippen LogP contribution in [0.5, 0.6) is 0 Å². The van der Waals surface area contributed by atoms with Gasteiger partial charge in [-0.1, -0.05) is 24.6 Å². The van der Waals surface area contributed by atoms with E-state index in [1.807, 2.05) is 24.0 Å². The van der Waals surface area contributed by atoms with Gasteiger partial charge in [-0.2, -0.15) is 0 Å². The monoisotopic (exact) mass is 348 g/mol. The zero-order valence-electron chi connectivity index (χ0n) is 14.3. The quantitative estimate of drug-likeness (QED) is 0.893. The van der Waals surface area contributed by atoms with Crippen LogP contribution < -0.4 is 5.32 Å². The van der Waals surface area contributed by atoms with E-state index in [0.29, 0.717) is 17.5 Å². The van der Waals surface area contributed by atoms with Gasteiger partial charge in [0.05, 0.1) is 11.8 Å². The average Bonchev–Trinajstić information content (AvgIpc) is 3.39. The van der Waals surface area contributed by atoms with Crippen molar-refractivity contribution in [1.82, 2.24) is 4.90 Å². The fraction of sp³-hybridized carbons (Fsp3) is 0.579. The number of carbonyl (C=O) groups is 2. The molecular weight excluding hydrogens is 324 g/mol. The second-order valence-electron chi connectivity index (χ2n) is 6.94. The standard InChI is InChI=1S/C19H25ClN2O2/c1-3-13-7-4-5-10-22(13)19(24)15-11-14(15)18(23)21-17-9-6-8-16(20)12(17)2/h6,8-9,13-15H,3-5,7,10-11H2,1-2H3,(H,21,23). The average molecular weight is 349 g/mol. The Bertz CT molecular complexity index is 646. The predicted molar refractivity (Wildman–Crippen MR) is 96.1 cm³/mol. The molecule has 2 aliphatic rings. The summed E-state index contributed by atoms with van der Waals surface area (Å²) >= 11 is 6.09. The Labute approximate surface area is 148 Å². The normalized spacial score (nSPS) is 26.1. The summed E-state index contributed by atoms with van der Waals surface area (Å²) in [5, 5.41) is 3.57. The first-order valence-electron chi connectivity index (χ1n) is 8.89. The number of rotatable bonds is 4. The summed E-state index contributed by atoms with van der Waals surface area (Å²) in [4.78, 5) is 27.2. The Morgan fingerprint density at radius 3 is 2.83 bits per heavy atom. The molecule has 0 bridgehead atoms. The Morgan fingerprint density at radius 2 is 2.08 bits per heavy atom. The molecule has 1 N–H and O–H groups in total. The molecule has 5 heteroatoms. The first-order chi connectivity index (χ1) is 11.5. The molecule has 1 aliphatic heterocycles. The predicted octanol–water partition coefficient (Wildman–Crippen LogP) is 4.01. The molecule has 130 valence electrons. The highest BCUT2D eigenvalue weighted by Crippen LogP contribution is 2.42. The van der Waals surface area contributed by atoms with Crippen LogP contribution in [0.1, 0.15) is 44.6 Å². The van der Waals surface area contributed by atoms with Gasteiger partial charge in [-0.05, 0) is 56.7 Å². The number of piperidine rings is 1. The summed E-state index contributed by atoms with van der Waals surface area (Å²) in [7, 11) is 0. The highest BCUT2D eigenvalue weighted by atomic mass is 35.5. The molecule has 3 atom stereocenters. The molecule has 4 nitrogen and oxygen atoms in total. The Morgan fingerprint density at radius 1 is 1.29 bits per heavy atom. The third-order valence-electron chi connectivity index (χ3n) is 5.35. The molecule has 1 heterocycles. The maximum Gasteiger partial charge on any atom is 0.228 e. The van der Waals surface area contributed by atoms with Crippen LogP contribution in [0.2, 0.25) is 5.02 Å². The van der Waals surface area contributed by atoms with Crippen molar-refractivity contribution in [2.75, 3.05) is 11.9 Å². The number of nitrogens with zero attached hydrogens (tertiary/aromatic N) is 1. The van der Waals surface area contributed by atoms with Gasteiger partial charge in [0.2, 0.25) is 11.8 Å². The number of nitrogens with one attached hydrogen (secondary N) is 1. The molecule has 2 fully saturated rings. The van der Waals surface area contributed by atoms with E-state index in [1.54, 1.807) is 6.07 Å². The van der Waals surface area contributed by atoms with Crippen LogP contribution in [0.3, 0.4) is 0 Å². The smallest absolute Gasteiger partial charge is 0.228 e. The molecule has 1 aliphatic carbocycles. The number of hydrogen-bond donors (Lipinski definition) is 1. The van der Waals surface area contributed by atoms with Gasteiger partial charge in [-0.15, -0.1) is 0 Å². The van der Waals surface area contributed by atoms with E-state index in [9.17, 15) is 9.59 Å². The van der Waals surface area contributed by atoms with Crippen molar-refractivity contribution < 1.29 is 9.59 Å². The van der Waals surface area contributed by atoms with Crippen molar-refractivity contribution in [2.24, 2.45) is 11.8 Å². The van der Waals surface area contributed by atoms with Crippen LogP contribution >= 0.6 is 11.6 Å². The molecule has 3 rings (SSSR count). The van der Waals surface area contributed by atoms with E-state index in [4.69, 9.17) is 11.6 Å². The van der Waals surface area contributed by atoms with Crippen LogP contribution in [0.4, 0.5) is 5.69 Å². The summed E-state index contributed by atoms with van der Waals surface area (Å²) in [5.74, 6) is -0.236. The fourth-order valence-corrected chi connectivity index (χ4v) is 3.83. The molecule has 24 heavy (non-hydrogen) atoms. The molecule has 0 spiro atoms. The van der Waals surface area contributed by atoms with Crippen molar-refractivity contribution in [2.45, 2.75) is 52.0 Å². The summed E-state index contributed by atoms with van der Waals surface area (Å²) in [6.07, 6.45) is 5.03. The number of hydrogen-bond acceptors (Lipinski definition) is 2. The molecule has 1 aromatic rings. The van der Waals surface area contributed by atoms with Gasteiger partial charge in [-0.25, -0.2) is 0 Å². The van der Waals surface area contributed by atoms with Crippen LogP contribution in [0, 0.1) is 18.8 Å². The van der Waals surface area contributed by atoms with Crippen LogP contribution in [0.25, 0.3) is 0 Å². The van der Waals surface area contributed by atoms with Crippen molar-refractivity contribution in [3.8, 4) is 0 Å². The Hall–Kier alpha value is -1.55. The summed E-state index contributed by atoms with van der Waals surface area (Å²) in [6.45, 7) is 4.86. The number of halogens is 1. The minimum Gasteiger partial charge on any atom is -0.339 e. The first-order valence-corrected chi connectivity index (χ1v) is 9.27. The number of benzene rings is 1. The van der Waals surface area contributed by atoms with Gasteiger partial charge in [0.1, 0.15) is 0 Å². The number of carbonyl (C=O) groups excluding carboxylic acids is 2. The first kappa shape index (κ1) is 17.3. The van der Waals surface area contributed by atoms with Crippen LogP contribution in [0.15, 0.2) is 18.2 Å². The lowest BCUT2D eigenvalue weighted by molar-refractivity contribution is -0.137. The third-order valence-corrected chi connectivity index (χ3v) is 5.76.